The molecule has 2 unspecified atom stereocenters. The van der Waals surface area contributed by atoms with Crippen LogP contribution in [0.2, 0.25) is 0 Å². The third kappa shape index (κ3) is 2.79. The first-order valence-electron chi connectivity index (χ1n) is 6.31. The molecule has 0 bridgehead atoms. The van der Waals surface area contributed by atoms with Gasteiger partial charge in [-0.3, -0.25) is 0 Å². The highest BCUT2D eigenvalue weighted by Crippen LogP contribution is 2.25. The standard InChI is InChI=1S/C15H20N2S/c1-10-7-5-6-8-14(10)11(2)17-13(4)15-12(3)16-9-18-15/h5-9,11,13,17H,1-4H3. The number of aromatic nitrogens is 1. The quantitative estimate of drug-likeness (QED) is 0.892. The Morgan fingerprint density at radius 3 is 2.44 bits per heavy atom. The minimum Gasteiger partial charge on any atom is -0.303 e. The van der Waals surface area contributed by atoms with Gasteiger partial charge in [-0.2, -0.15) is 0 Å². The molecule has 2 aromatic rings. The van der Waals surface area contributed by atoms with Gasteiger partial charge < -0.3 is 5.32 Å². The van der Waals surface area contributed by atoms with E-state index in [4.69, 9.17) is 0 Å². The van der Waals surface area contributed by atoms with Crippen LogP contribution in [0.4, 0.5) is 0 Å². The third-order valence-corrected chi connectivity index (χ3v) is 4.44. The lowest BCUT2D eigenvalue weighted by molar-refractivity contribution is 0.496. The highest BCUT2D eigenvalue weighted by molar-refractivity contribution is 7.09. The number of hydrogen-bond acceptors (Lipinski definition) is 3. The molecule has 18 heavy (non-hydrogen) atoms. The van der Waals surface area contributed by atoms with E-state index in [0.717, 1.165) is 5.69 Å². The van der Waals surface area contributed by atoms with Crippen LogP contribution in [0.3, 0.4) is 0 Å². The fourth-order valence-electron chi connectivity index (χ4n) is 2.34. The maximum absolute atomic E-state index is 4.31. The van der Waals surface area contributed by atoms with E-state index in [-0.39, 0.29) is 0 Å². The summed E-state index contributed by atoms with van der Waals surface area (Å²) in [6.45, 7) is 8.66. The number of aryl methyl sites for hydroxylation is 2. The van der Waals surface area contributed by atoms with Gasteiger partial charge in [-0.05, 0) is 38.8 Å². The molecule has 1 aromatic carbocycles. The van der Waals surface area contributed by atoms with Crippen molar-refractivity contribution >= 4 is 11.3 Å². The Balaban J connectivity index is 2.11. The molecule has 1 heterocycles. The average Bonchev–Trinajstić information content (AvgIpc) is 2.76. The van der Waals surface area contributed by atoms with E-state index in [2.05, 4.69) is 62.3 Å². The van der Waals surface area contributed by atoms with Crippen molar-refractivity contribution in [3.05, 3.63) is 51.5 Å². The molecule has 0 saturated heterocycles. The molecule has 96 valence electrons. The second-order valence-corrected chi connectivity index (χ2v) is 5.65. The van der Waals surface area contributed by atoms with E-state index in [1.165, 1.54) is 16.0 Å². The summed E-state index contributed by atoms with van der Waals surface area (Å²) in [5.74, 6) is 0. The third-order valence-electron chi connectivity index (χ3n) is 3.33. The zero-order valence-corrected chi connectivity index (χ0v) is 12.2. The smallest absolute Gasteiger partial charge is 0.0798 e. The Morgan fingerprint density at radius 1 is 1.11 bits per heavy atom. The Bertz CT molecular complexity index is 519. The minimum atomic E-state index is 0.340. The van der Waals surface area contributed by atoms with Crippen LogP contribution in [-0.2, 0) is 0 Å². The maximum Gasteiger partial charge on any atom is 0.0798 e. The molecule has 2 rings (SSSR count). The molecule has 2 nitrogen and oxygen atoms in total. The van der Waals surface area contributed by atoms with Gasteiger partial charge in [-0.25, -0.2) is 4.98 Å². The van der Waals surface area contributed by atoms with Crippen molar-refractivity contribution in [3.63, 3.8) is 0 Å². The predicted octanol–water partition coefficient (Wildman–Crippen LogP) is 4.17. The first-order valence-corrected chi connectivity index (χ1v) is 7.19. The van der Waals surface area contributed by atoms with Crippen LogP contribution in [0.15, 0.2) is 29.8 Å². The summed E-state index contributed by atoms with van der Waals surface area (Å²) in [5.41, 5.74) is 5.76. The van der Waals surface area contributed by atoms with Crippen molar-refractivity contribution < 1.29 is 0 Å². The second kappa shape index (κ2) is 5.63. The summed E-state index contributed by atoms with van der Waals surface area (Å²) in [4.78, 5) is 5.64. The first kappa shape index (κ1) is 13.2. The molecule has 2 atom stereocenters. The Kier molecular flexibility index (Phi) is 4.15. The number of nitrogens with one attached hydrogen (secondary N) is 1. The number of benzene rings is 1. The molecular formula is C15H20N2S. The van der Waals surface area contributed by atoms with Gasteiger partial charge in [-0.1, -0.05) is 24.3 Å². The summed E-state index contributed by atoms with van der Waals surface area (Å²) in [5, 5.41) is 3.65. The molecule has 0 aliphatic heterocycles. The van der Waals surface area contributed by atoms with E-state index in [9.17, 15) is 0 Å². The number of hydrogen-bond donors (Lipinski definition) is 1. The zero-order valence-electron chi connectivity index (χ0n) is 11.4. The van der Waals surface area contributed by atoms with Crippen molar-refractivity contribution in [1.29, 1.82) is 0 Å². The van der Waals surface area contributed by atoms with Gasteiger partial charge in [0, 0.05) is 17.0 Å². The van der Waals surface area contributed by atoms with E-state index in [0.29, 0.717) is 12.1 Å². The van der Waals surface area contributed by atoms with Crippen molar-refractivity contribution in [3.8, 4) is 0 Å². The predicted molar refractivity (Wildman–Crippen MR) is 78.0 cm³/mol. The fraction of sp³-hybridized carbons (Fsp3) is 0.400. The summed E-state index contributed by atoms with van der Waals surface area (Å²) in [7, 11) is 0. The molecule has 3 heteroatoms. The molecule has 0 amide bonds. The molecule has 1 aromatic heterocycles. The molecule has 0 aliphatic carbocycles. The van der Waals surface area contributed by atoms with Gasteiger partial charge in [-0.15, -0.1) is 11.3 Å². The first-order chi connectivity index (χ1) is 8.59. The normalized spacial score (nSPS) is 14.4. The van der Waals surface area contributed by atoms with Crippen molar-refractivity contribution in [2.24, 2.45) is 0 Å². The maximum atomic E-state index is 4.31. The molecule has 1 N–H and O–H groups in total. The molecule has 0 aliphatic rings. The lowest BCUT2D eigenvalue weighted by atomic mass is 10.0. The lowest BCUT2D eigenvalue weighted by Crippen LogP contribution is -2.22. The summed E-state index contributed by atoms with van der Waals surface area (Å²) in [6, 6.07) is 9.23. The van der Waals surface area contributed by atoms with Gasteiger partial charge in [0.15, 0.2) is 0 Å². The molecule has 0 fully saturated rings. The van der Waals surface area contributed by atoms with E-state index < -0.39 is 0 Å². The molecule has 0 spiro atoms. The minimum absolute atomic E-state index is 0.340. The van der Waals surface area contributed by atoms with Crippen LogP contribution in [0.5, 0.6) is 0 Å². The lowest BCUT2D eigenvalue weighted by Gasteiger charge is -2.21. The molecular weight excluding hydrogens is 240 g/mol. The van der Waals surface area contributed by atoms with Gasteiger partial charge in [0.25, 0.3) is 0 Å². The Hall–Kier alpha value is -1.19. The van der Waals surface area contributed by atoms with Gasteiger partial charge in [0.2, 0.25) is 0 Å². The molecule has 0 radical (unpaired) electrons. The average molecular weight is 260 g/mol. The highest BCUT2D eigenvalue weighted by Gasteiger charge is 2.15. The largest absolute Gasteiger partial charge is 0.303 e. The summed E-state index contributed by atoms with van der Waals surface area (Å²) in [6.07, 6.45) is 0. The van der Waals surface area contributed by atoms with Crippen LogP contribution < -0.4 is 5.32 Å². The zero-order chi connectivity index (χ0) is 13.1. The number of rotatable bonds is 4. The number of nitrogens with zero attached hydrogens (tertiary/aromatic N) is 1. The van der Waals surface area contributed by atoms with Gasteiger partial charge in [0.1, 0.15) is 0 Å². The Morgan fingerprint density at radius 2 is 1.83 bits per heavy atom. The summed E-state index contributed by atoms with van der Waals surface area (Å²) >= 11 is 1.73. The van der Waals surface area contributed by atoms with Crippen molar-refractivity contribution in [2.75, 3.05) is 0 Å². The van der Waals surface area contributed by atoms with E-state index in [1.807, 2.05) is 5.51 Å². The fourth-order valence-corrected chi connectivity index (χ4v) is 3.16. The van der Waals surface area contributed by atoms with Crippen LogP contribution in [0.1, 0.15) is 47.6 Å². The van der Waals surface area contributed by atoms with Crippen LogP contribution in [0.25, 0.3) is 0 Å². The van der Waals surface area contributed by atoms with Crippen LogP contribution in [0, 0.1) is 13.8 Å². The van der Waals surface area contributed by atoms with Crippen molar-refractivity contribution in [1.82, 2.24) is 10.3 Å². The van der Waals surface area contributed by atoms with E-state index >= 15 is 0 Å². The van der Waals surface area contributed by atoms with E-state index in [1.54, 1.807) is 11.3 Å². The molecule has 0 saturated carbocycles. The highest BCUT2D eigenvalue weighted by atomic mass is 32.1. The second-order valence-electron chi connectivity index (χ2n) is 4.77. The topological polar surface area (TPSA) is 24.9 Å². The Labute approximate surface area is 113 Å². The van der Waals surface area contributed by atoms with Gasteiger partial charge >= 0.3 is 0 Å². The van der Waals surface area contributed by atoms with Gasteiger partial charge in [0.05, 0.1) is 11.2 Å². The number of thiazole rings is 1. The van der Waals surface area contributed by atoms with Crippen LogP contribution in [-0.4, -0.2) is 4.98 Å². The van der Waals surface area contributed by atoms with Crippen LogP contribution >= 0.6 is 11.3 Å². The van der Waals surface area contributed by atoms with Crippen molar-refractivity contribution in [2.45, 2.75) is 39.8 Å². The SMILES string of the molecule is Cc1ccccc1C(C)NC(C)c1scnc1C. The monoisotopic (exact) mass is 260 g/mol. The summed E-state index contributed by atoms with van der Waals surface area (Å²) < 4.78 is 0.